The molecule has 0 spiro atoms. The monoisotopic (exact) mass is 504 g/mol. The summed E-state index contributed by atoms with van der Waals surface area (Å²) in [6.07, 6.45) is 2.25. The summed E-state index contributed by atoms with van der Waals surface area (Å²) in [5, 5.41) is 4.94. The molecular formula is C23H23F3N6O2S. The van der Waals surface area contributed by atoms with Crippen LogP contribution in [0.15, 0.2) is 55.0 Å². The van der Waals surface area contributed by atoms with Crippen molar-refractivity contribution >= 4 is 34.1 Å². The van der Waals surface area contributed by atoms with Crippen LogP contribution in [0.25, 0.3) is 11.3 Å². The van der Waals surface area contributed by atoms with Crippen LogP contribution in [0, 0.1) is 0 Å². The summed E-state index contributed by atoms with van der Waals surface area (Å²) in [5.74, 6) is -1.18. The van der Waals surface area contributed by atoms with Gasteiger partial charge in [0.15, 0.2) is 10.9 Å². The van der Waals surface area contributed by atoms with E-state index in [1.807, 2.05) is 19.0 Å². The van der Waals surface area contributed by atoms with Gasteiger partial charge in [0, 0.05) is 18.2 Å². The molecule has 1 atom stereocenters. The molecule has 0 radical (unpaired) electrons. The average molecular weight is 505 g/mol. The minimum absolute atomic E-state index is 0.120. The number of rotatable bonds is 8. The van der Waals surface area contributed by atoms with Gasteiger partial charge in [0.2, 0.25) is 11.8 Å². The fourth-order valence-electron chi connectivity index (χ4n) is 2.88. The number of carbonyl (C=O) groups is 2. The SMILES string of the molecule is CC(C(=O)Nc1ncc(C(F)(F)F)s1)c1cccc(-c2cnc(NC(=O)/C=C/CN(C)C)cn2)c1. The van der Waals surface area contributed by atoms with Gasteiger partial charge in [-0.05, 0) is 32.6 Å². The van der Waals surface area contributed by atoms with Crippen molar-refractivity contribution in [1.82, 2.24) is 19.9 Å². The fourth-order valence-corrected chi connectivity index (χ4v) is 3.56. The molecule has 1 aromatic carbocycles. The van der Waals surface area contributed by atoms with Crippen molar-refractivity contribution in [1.29, 1.82) is 0 Å². The molecule has 2 aromatic heterocycles. The van der Waals surface area contributed by atoms with Gasteiger partial charge in [-0.3, -0.25) is 14.6 Å². The highest BCUT2D eigenvalue weighted by atomic mass is 32.1. The zero-order chi connectivity index (χ0) is 25.6. The smallest absolute Gasteiger partial charge is 0.306 e. The summed E-state index contributed by atoms with van der Waals surface area (Å²) in [4.78, 5) is 37.7. The molecule has 8 nitrogen and oxygen atoms in total. The maximum atomic E-state index is 12.8. The quantitative estimate of drug-likeness (QED) is 0.441. The van der Waals surface area contributed by atoms with Gasteiger partial charge in [0.05, 0.1) is 30.2 Å². The second kappa shape index (κ2) is 11.2. The van der Waals surface area contributed by atoms with Crippen molar-refractivity contribution in [3.8, 4) is 11.3 Å². The van der Waals surface area contributed by atoms with Gasteiger partial charge in [-0.15, -0.1) is 0 Å². The highest BCUT2D eigenvalue weighted by Gasteiger charge is 2.33. The lowest BCUT2D eigenvalue weighted by Crippen LogP contribution is -2.18. The van der Waals surface area contributed by atoms with Gasteiger partial charge in [-0.1, -0.05) is 35.6 Å². The third-order valence-electron chi connectivity index (χ3n) is 4.73. The van der Waals surface area contributed by atoms with Crippen LogP contribution in [0.2, 0.25) is 0 Å². The number of likely N-dealkylation sites (N-methyl/N-ethyl adjacent to an activating group) is 1. The first kappa shape index (κ1) is 26.0. The topological polar surface area (TPSA) is 100 Å². The molecule has 2 amide bonds. The summed E-state index contributed by atoms with van der Waals surface area (Å²) in [7, 11) is 3.78. The minimum atomic E-state index is -4.51. The molecular weight excluding hydrogens is 481 g/mol. The first-order valence-electron chi connectivity index (χ1n) is 10.4. The number of thiazole rings is 1. The number of hydrogen-bond donors (Lipinski definition) is 2. The fraction of sp³-hybridized carbons (Fsp3) is 0.261. The van der Waals surface area contributed by atoms with Crippen molar-refractivity contribution in [2.75, 3.05) is 31.3 Å². The number of carbonyl (C=O) groups excluding carboxylic acids is 2. The molecule has 0 aliphatic carbocycles. The van der Waals surface area contributed by atoms with E-state index in [-0.39, 0.29) is 11.0 Å². The van der Waals surface area contributed by atoms with E-state index in [0.717, 1.165) is 0 Å². The molecule has 35 heavy (non-hydrogen) atoms. The molecule has 0 aliphatic rings. The third-order valence-corrected chi connectivity index (χ3v) is 5.69. The van der Waals surface area contributed by atoms with Gasteiger partial charge in [-0.25, -0.2) is 9.97 Å². The Morgan fingerprint density at radius 3 is 2.51 bits per heavy atom. The van der Waals surface area contributed by atoms with Crippen molar-refractivity contribution in [2.24, 2.45) is 0 Å². The third kappa shape index (κ3) is 7.42. The molecule has 2 heterocycles. The lowest BCUT2D eigenvalue weighted by Gasteiger charge is -2.12. The lowest BCUT2D eigenvalue weighted by molar-refractivity contribution is -0.134. The largest absolute Gasteiger partial charge is 0.427 e. The van der Waals surface area contributed by atoms with Crippen LogP contribution in [0.5, 0.6) is 0 Å². The average Bonchev–Trinajstić information content (AvgIpc) is 3.28. The van der Waals surface area contributed by atoms with E-state index < -0.39 is 22.9 Å². The van der Waals surface area contributed by atoms with Gasteiger partial charge in [0.1, 0.15) is 4.88 Å². The number of amides is 2. The predicted molar refractivity (Wildman–Crippen MR) is 128 cm³/mol. The Hall–Kier alpha value is -3.64. The highest BCUT2D eigenvalue weighted by molar-refractivity contribution is 7.15. The van der Waals surface area contributed by atoms with Crippen LogP contribution in [0.3, 0.4) is 0 Å². The number of nitrogens with zero attached hydrogens (tertiary/aromatic N) is 4. The molecule has 0 saturated heterocycles. The Balaban J connectivity index is 1.65. The normalized spacial score (nSPS) is 12.7. The Morgan fingerprint density at radius 2 is 1.89 bits per heavy atom. The van der Waals surface area contributed by atoms with Crippen LogP contribution >= 0.6 is 11.3 Å². The summed E-state index contributed by atoms with van der Waals surface area (Å²) in [6.45, 7) is 2.27. The Kier molecular flexibility index (Phi) is 8.30. The number of nitrogens with one attached hydrogen (secondary N) is 2. The molecule has 0 fully saturated rings. The Bertz CT molecular complexity index is 1210. The molecule has 3 aromatic rings. The first-order valence-corrected chi connectivity index (χ1v) is 11.2. The van der Waals surface area contributed by atoms with Gasteiger partial charge >= 0.3 is 6.18 Å². The summed E-state index contributed by atoms with van der Waals surface area (Å²) < 4.78 is 38.3. The van der Waals surface area contributed by atoms with Crippen molar-refractivity contribution in [3.05, 3.63) is 65.4 Å². The first-order chi connectivity index (χ1) is 16.5. The number of hydrogen-bond acceptors (Lipinski definition) is 7. The number of halogens is 3. The number of aromatic nitrogens is 3. The maximum Gasteiger partial charge on any atom is 0.427 e. The molecule has 0 bridgehead atoms. The molecule has 1 unspecified atom stereocenters. The molecule has 0 aliphatic heterocycles. The number of alkyl halides is 3. The summed E-state index contributed by atoms with van der Waals surface area (Å²) in [6, 6.07) is 7.02. The van der Waals surface area contributed by atoms with E-state index in [0.29, 0.717) is 46.7 Å². The van der Waals surface area contributed by atoms with Crippen LogP contribution < -0.4 is 10.6 Å². The molecule has 2 N–H and O–H groups in total. The van der Waals surface area contributed by atoms with Gasteiger partial charge in [-0.2, -0.15) is 13.2 Å². The van der Waals surface area contributed by atoms with Crippen LogP contribution in [0.1, 0.15) is 23.3 Å². The zero-order valence-corrected chi connectivity index (χ0v) is 19.9. The van der Waals surface area contributed by atoms with Gasteiger partial charge < -0.3 is 15.5 Å². The van der Waals surface area contributed by atoms with Crippen LogP contribution in [-0.2, 0) is 15.8 Å². The second-order valence-electron chi connectivity index (χ2n) is 7.80. The highest BCUT2D eigenvalue weighted by Crippen LogP contribution is 2.35. The zero-order valence-electron chi connectivity index (χ0n) is 19.1. The Labute approximate surface area is 203 Å². The van der Waals surface area contributed by atoms with E-state index in [9.17, 15) is 22.8 Å². The van der Waals surface area contributed by atoms with Crippen LogP contribution in [-0.4, -0.2) is 52.3 Å². The minimum Gasteiger partial charge on any atom is -0.306 e. The van der Waals surface area contributed by atoms with Crippen molar-refractivity contribution < 1.29 is 22.8 Å². The molecule has 12 heteroatoms. The predicted octanol–water partition coefficient (Wildman–Crippen LogP) is 4.42. The van der Waals surface area contributed by atoms with E-state index >= 15 is 0 Å². The van der Waals surface area contributed by atoms with Crippen molar-refractivity contribution in [3.63, 3.8) is 0 Å². The number of anilines is 2. The molecule has 184 valence electrons. The van der Waals surface area contributed by atoms with E-state index in [2.05, 4.69) is 25.6 Å². The number of benzene rings is 1. The standard InChI is InChI=1S/C23H23F3N6O2S/c1-14(21(34)31-22-29-12-18(35-22)23(24,25)26)15-6-4-7-16(10-15)17-11-28-19(13-27-17)30-20(33)8-5-9-32(2)3/h4-8,10-14H,9H2,1-3H3,(H,28,30,33)(H,29,31,34)/b8-5+. The van der Waals surface area contributed by atoms with Gasteiger partial charge in [0.25, 0.3) is 0 Å². The van der Waals surface area contributed by atoms with Crippen molar-refractivity contribution in [2.45, 2.75) is 19.0 Å². The summed E-state index contributed by atoms with van der Waals surface area (Å²) in [5.41, 5.74) is 1.85. The lowest BCUT2D eigenvalue weighted by atomic mass is 9.97. The van der Waals surface area contributed by atoms with Crippen LogP contribution in [0.4, 0.5) is 24.1 Å². The van der Waals surface area contributed by atoms with E-state index in [4.69, 9.17) is 0 Å². The molecule has 0 saturated carbocycles. The summed E-state index contributed by atoms with van der Waals surface area (Å²) >= 11 is 0.369. The molecule has 3 rings (SSSR count). The Morgan fingerprint density at radius 1 is 1.11 bits per heavy atom. The second-order valence-corrected chi connectivity index (χ2v) is 8.84. The van der Waals surface area contributed by atoms with E-state index in [1.54, 1.807) is 37.3 Å². The van der Waals surface area contributed by atoms with E-state index in [1.165, 1.54) is 18.5 Å². The maximum absolute atomic E-state index is 12.8.